The lowest BCUT2D eigenvalue weighted by Crippen LogP contribution is -2.28. The van der Waals surface area contributed by atoms with Gasteiger partial charge in [-0.2, -0.15) is 0 Å². The molecule has 1 rings (SSSR count). The number of thioether (sulfide) groups is 1. The monoisotopic (exact) mass is 255 g/mol. The minimum atomic E-state index is -0.122. The summed E-state index contributed by atoms with van der Waals surface area (Å²) in [5.41, 5.74) is 2.96. The molecule has 1 heterocycles. The zero-order chi connectivity index (χ0) is 12.8. The molecule has 0 saturated heterocycles. The number of carbonyl (C=O) groups is 1. The van der Waals surface area contributed by atoms with Crippen LogP contribution in [0.4, 0.5) is 0 Å². The van der Waals surface area contributed by atoms with Gasteiger partial charge in [-0.15, -0.1) is 0 Å². The summed E-state index contributed by atoms with van der Waals surface area (Å²) in [5, 5.41) is 11.8. The molecule has 0 bridgehead atoms. The number of aryl methyl sites for hydroxylation is 2. The van der Waals surface area contributed by atoms with Gasteiger partial charge in [0.2, 0.25) is 5.91 Å². The molecule has 0 atom stereocenters. The summed E-state index contributed by atoms with van der Waals surface area (Å²) in [7, 11) is 0. The average molecular weight is 255 g/mol. The van der Waals surface area contributed by atoms with E-state index >= 15 is 0 Å². The highest BCUT2D eigenvalue weighted by molar-refractivity contribution is 7.99. The molecular formula is C11H17N3O2S. The van der Waals surface area contributed by atoms with Gasteiger partial charge in [0, 0.05) is 17.9 Å². The van der Waals surface area contributed by atoms with Crippen LogP contribution < -0.4 is 5.32 Å². The second-order valence-electron chi connectivity index (χ2n) is 3.66. The van der Waals surface area contributed by atoms with E-state index in [2.05, 4.69) is 15.3 Å². The van der Waals surface area contributed by atoms with Crippen LogP contribution in [0.1, 0.15) is 17.0 Å². The van der Waals surface area contributed by atoms with Crippen molar-refractivity contribution >= 4 is 17.7 Å². The SMILES string of the molecule is Cc1nc(SCC(=O)NCCO)nc(C)c1C. The Balaban J connectivity index is 2.55. The second-order valence-corrected chi connectivity index (χ2v) is 4.61. The van der Waals surface area contributed by atoms with Crippen molar-refractivity contribution < 1.29 is 9.90 Å². The van der Waals surface area contributed by atoms with E-state index < -0.39 is 0 Å². The zero-order valence-electron chi connectivity index (χ0n) is 10.3. The highest BCUT2D eigenvalue weighted by Crippen LogP contribution is 2.16. The van der Waals surface area contributed by atoms with Gasteiger partial charge in [-0.25, -0.2) is 9.97 Å². The molecule has 1 aromatic heterocycles. The summed E-state index contributed by atoms with van der Waals surface area (Å²) in [6, 6.07) is 0. The van der Waals surface area contributed by atoms with Crippen molar-refractivity contribution in [3.05, 3.63) is 17.0 Å². The first-order valence-electron chi connectivity index (χ1n) is 5.36. The summed E-state index contributed by atoms with van der Waals surface area (Å²) in [4.78, 5) is 19.9. The molecule has 0 aliphatic heterocycles. The van der Waals surface area contributed by atoms with E-state index in [9.17, 15) is 4.79 Å². The number of nitrogens with one attached hydrogen (secondary N) is 1. The average Bonchev–Trinajstić information content (AvgIpc) is 2.30. The van der Waals surface area contributed by atoms with Crippen molar-refractivity contribution in [3.63, 3.8) is 0 Å². The number of hydrogen-bond acceptors (Lipinski definition) is 5. The van der Waals surface area contributed by atoms with Crippen LogP contribution in [0, 0.1) is 20.8 Å². The van der Waals surface area contributed by atoms with E-state index in [-0.39, 0.29) is 24.8 Å². The first-order valence-corrected chi connectivity index (χ1v) is 6.35. The van der Waals surface area contributed by atoms with Crippen LogP contribution in [0.25, 0.3) is 0 Å². The molecule has 0 spiro atoms. The number of rotatable bonds is 5. The number of aliphatic hydroxyl groups is 1. The van der Waals surface area contributed by atoms with Crippen LogP contribution in [0.3, 0.4) is 0 Å². The Kier molecular flexibility index (Phi) is 5.37. The molecule has 6 heteroatoms. The smallest absolute Gasteiger partial charge is 0.230 e. The summed E-state index contributed by atoms with van der Waals surface area (Å²) in [6.45, 7) is 6.08. The van der Waals surface area contributed by atoms with E-state index in [1.807, 2.05) is 20.8 Å². The van der Waals surface area contributed by atoms with Crippen LogP contribution >= 0.6 is 11.8 Å². The van der Waals surface area contributed by atoms with Crippen LogP contribution in [0.15, 0.2) is 5.16 Å². The molecule has 94 valence electrons. The Hall–Kier alpha value is -1.14. The highest BCUT2D eigenvalue weighted by atomic mass is 32.2. The Bertz CT molecular complexity index is 387. The fraction of sp³-hybridized carbons (Fsp3) is 0.545. The minimum absolute atomic E-state index is 0.0460. The molecule has 1 amide bonds. The van der Waals surface area contributed by atoms with Gasteiger partial charge in [0.05, 0.1) is 12.4 Å². The second kappa shape index (κ2) is 6.56. The van der Waals surface area contributed by atoms with Crippen LogP contribution in [-0.4, -0.2) is 39.9 Å². The Morgan fingerprint density at radius 1 is 1.29 bits per heavy atom. The van der Waals surface area contributed by atoms with Crippen LogP contribution in [0.5, 0.6) is 0 Å². The molecule has 5 nitrogen and oxygen atoms in total. The fourth-order valence-electron chi connectivity index (χ4n) is 1.18. The van der Waals surface area contributed by atoms with Crippen molar-refractivity contribution in [2.45, 2.75) is 25.9 Å². The Labute approximate surface area is 105 Å². The molecular weight excluding hydrogens is 238 g/mol. The predicted molar refractivity (Wildman–Crippen MR) is 67.1 cm³/mol. The minimum Gasteiger partial charge on any atom is -0.395 e. The topological polar surface area (TPSA) is 75.1 Å². The molecule has 0 aromatic carbocycles. The lowest BCUT2D eigenvalue weighted by molar-refractivity contribution is -0.118. The predicted octanol–water partition coefficient (Wildman–Crippen LogP) is 0.602. The summed E-state index contributed by atoms with van der Waals surface area (Å²) < 4.78 is 0. The number of amides is 1. The molecule has 0 fully saturated rings. The largest absolute Gasteiger partial charge is 0.395 e. The number of carbonyl (C=O) groups excluding carboxylic acids is 1. The normalized spacial score (nSPS) is 10.4. The van der Waals surface area contributed by atoms with E-state index in [0.717, 1.165) is 17.0 Å². The fourth-order valence-corrected chi connectivity index (χ4v) is 1.95. The molecule has 17 heavy (non-hydrogen) atoms. The van der Waals surface area contributed by atoms with Crippen LogP contribution in [-0.2, 0) is 4.79 Å². The highest BCUT2D eigenvalue weighted by Gasteiger charge is 2.07. The van der Waals surface area contributed by atoms with Gasteiger partial charge in [0.15, 0.2) is 5.16 Å². The molecule has 0 saturated carbocycles. The summed E-state index contributed by atoms with van der Waals surface area (Å²) in [6.07, 6.45) is 0. The lowest BCUT2D eigenvalue weighted by atomic mass is 10.2. The van der Waals surface area contributed by atoms with Crippen LogP contribution in [0.2, 0.25) is 0 Å². The molecule has 0 unspecified atom stereocenters. The van der Waals surface area contributed by atoms with E-state index in [4.69, 9.17) is 5.11 Å². The number of aliphatic hydroxyl groups excluding tert-OH is 1. The van der Waals surface area contributed by atoms with E-state index in [0.29, 0.717) is 5.16 Å². The van der Waals surface area contributed by atoms with Gasteiger partial charge in [-0.3, -0.25) is 4.79 Å². The van der Waals surface area contributed by atoms with Crippen molar-refractivity contribution in [2.24, 2.45) is 0 Å². The maximum atomic E-state index is 11.3. The number of hydrogen-bond donors (Lipinski definition) is 2. The van der Waals surface area contributed by atoms with Crippen molar-refractivity contribution in [2.75, 3.05) is 18.9 Å². The number of aromatic nitrogens is 2. The maximum absolute atomic E-state index is 11.3. The Morgan fingerprint density at radius 3 is 2.41 bits per heavy atom. The molecule has 1 aromatic rings. The van der Waals surface area contributed by atoms with Gasteiger partial charge in [0.1, 0.15) is 0 Å². The van der Waals surface area contributed by atoms with Gasteiger partial charge >= 0.3 is 0 Å². The third-order valence-corrected chi connectivity index (χ3v) is 3.23. The standard InChI is InChI=1S/C11H17N3O2S/c1-7-8(2)13-11(14-9(7)3)17-6-10(16)12-4-5-15/h15H,4-6H2,1-3H3,(H,12,16). The molecule has 0 aliphatic carbocycles. The van der Waals surface area contributed by atoms with Gasteiger partial charge in [-0.1, -0.05) is 11.8 Å². The lowest BCUT2D eigenvalue weighted by Gasteiger charge is -2.06. The zero-order valence-corrected chi connectivity index (χ0v) is 11.1. The quantitative estimate of drug-likeness (QED) is 0.595. The Morgan fingerprint density at radius 2 is 1.88 bits per heavy atom. The van der Waals surface area contributed by atoms with Gasteiger partial charge in [0.25, 0.3) is 0 Å². The van der Waals surface area contributed by atoms with Crippen molar-refractivity contribution in [1.29, 1.82) is 0 Å². The van der Waals surface area contributed by atoms with Crippen molar-refractivity contribution in [1.82, 2.24) is 15.3 Å². The number of nitrogens with zero attached hydrogens (tertiary/aromatic N) is 2. The molecule has 0 radical (unpaired) electrons. The van der Waals surface area contributed by atoms with E-state index in [1.165, 1.54) is 11.8 Å². The maximum Gasteiger partial charge on any atom is 0.230 e. The first kappa shape index (κ1) is 13.9. The first-order chi connectivity index (χ1) is 8.04. The molecule has 2 N–H and O–H groups in total. The summed E-state index contributed by atoms with van der Waals surface area (Å²) >= 11 is 1.30. The van der Waals surface area contributed by atoms with Crippen molar-refractivity contribution in [3.8, 4) is 0 Å². The molecule has 0 aliphatic rings. The third kappa shape index (κ3) is 4.32. The third-order valence-electron chi connectivity index (χ3n) is 2.38. The van der Waals surface area contributed by atoms with E-state index in [1.54, 1.807) is 0 Å². The van der Waals surface area contributed by atoms with Gasteiger partial charge in [-0.05, 0) is 26.3 Å². The van der Waals surface area contributed by atoms with Gasteiger partial charge < -0.3 is 10.4 Å². The summed E-state index contributed by atoms with van der Waals surface area (Å²) in [5.74, 6) is 0.144.